The molecule has 1 atom stereocenters. The van der Waals surface area contributed by atoms with Crippen LogP contribution in [0.5, 0.6) is 0 Å². The Labute approximate surface area is 149 Å². The van der Waals surface area contributed by atoms with Crippen LogP contribution in [0, 0.1) is 17.8 Å². The van der Waals surface area contributed by atoms with Crippen molar-refractivity contribution in [3.63, 3.8) is 0 Å². The summed E-state index contributed by atoms with van der Waals surface area (Å²) in [5, 5.41) is 10.6. The van der Waals surface area contributed by atoms with Gasteiger partial charge in [-0.15, -0.1) is 0 Å². The molecule has 0 bridgehead atoms. The fourth-order valence-electron chi connectivity index (χ4n) is 4.74. The first-order chi connectivity index (χ1) is 12.0. The van der Waals surface area contributed by atoms with E-state index < -0.39 is 33.9 Å². The third kappa shape index (κ3) is 1.71. The number of aliphatic hydroxyl groups excluding tert-OH is 1. The van der Waals surface area contributed by atoms with E-state index in [0.29, 0.717) is 5.76 Å². The molecular weight excluding hydrogens is 336 g/mol. The molecule has 6 nitrogen and oxygen atoms in total. The van der Waals surface area contributed by atoms with Gasteiger partial charge in [0.05, 0.1) is 11.1 Å². The van der Waals surface area contributed by atoms with Crippen LogP contribution in [-0.2, 0) is 9.59 Å². The molecule has 0 unspecified atom stereocenters. The molecular formula is C20H18O6. The molecule has 0 aromatic carbocycles. The van der Waals surface area contributed by atoms with Crippen molar-refractivity contribution in [2.24, 2.45) is 10.8 Å². The second-order valence-corrected chi connectivity index (χ2v) is 7.94. The van der Waals surface area contributed by atoms with Crippen molar-refractivity contribution < 1.29 is 28.7 Å². The largest absolute Gasteiger partial charge is 0.504 e. The van der Waals surface area contributed by atoms with Crippen molar-refractivity contribution in [2.45, 2.75) is 40.5 Å². The molecule has 3 aliphatic carbocycles. The molecule has 26 heavy (non-hydrogen) atoms. The molecule has 0 spiro atoms. The molecule has 1 heterocycles. The van der Waals surface area contributed by atoms with Crippen molar-refractivity contribution in [1.82, 2.24) is 0 Å². The standard InChI is InChI=1S/C20H18O6/c1-8-7-9-13(22)11-12(15(24)17(9)26-8)20(4)6-5-10(21)19(2,3)18(20)16(25)14(11)23/h7,25H,5-6H2,1-4H3/t20-/m1/s1. The predicted octanol–water partition coefficient (Wildman–Crippen LogP) is 3.05. The lowest BCUT2D eigenvalue weighted by Gasteiger charge is -2.48. The second-order valence-electron chi connectivity index (χ2n) is 7.94. The zero-order valence-electron chi connectivity index (χ0n) is 15.0. The third-order valence-corrected chi connectivity index (χ3v) is 5.97. The van der Waals surface area contributed by atoms with Gasteiger partial charge in [0, 0.05) is 22.8 Å². The molecule has 0 radical (unpaired) electrons. The average molecular weight is 354 g/mol. The quantitative estimate of drug-likeness (QED) is 0.719. The average Bonchev–Trinajstić information content (AvgIpc) is 2.95. The number of fused-ring (bicyclic) bond motifs is 3. The summed E-state index contributed by atoms with van der Waals surface area (Å²) >= 11 is 0. The van der Waals surface area contributed by atoms with Crippen LogP contribution in [0.2, 0.25) is 0 Å². The van der Waals surface area contributed by atoms with Crippen LogP contribution in [0.1, 0.15) is 60.3 Å². The molecule has 0 amide bonds. The number of Topliss-reactive ketones (excluding diaryl/α,β-unsaturated/α-hetero) is 4. The Hall–Kier alpha value is -2.76. The Morgan fingerprint density at radius 3 is 2.35 bits per heavy atom. The zero-order valence-corrected chi connectivity index (χ0v) is 15.0. The second kappa shape index (κ2) is 4.69. The Morgan fingerprint density at radius 1 is 1.04 bits per heavy atom. The van der Waals surface area contributed by atoms with Crippen molar-refractivity contribution in [2.75, 3.05) is 0 Å². The van der Waals surface area contributed by atoms with Gasteiger partial charge in [-0.05, 0) is 38.8 Å². The summed E-state index contributed by atoms with van der Waals surface area (Å²) in [4.78, 5) is 51.4. The van der Waals surface area contributed by atoms with E-state index in [1.807, 2.05) is 0 Å². The Kier molecular flexibility index (Phi) is 3.01. The van der Waals surface area contributed by atoms with Gasteiger partial charge in [0.25, 0.3) is 0 Å². The number of carbonyl (C=O) groups excluding carboxylic acids is 4. The van der Waals surface area contributed by atoms with Gasteiger partial charge in [0.15, 0.2) is 11.5 Å². The molecule has 6 heteroatoms. The summed E-state index contributed by atoms with van der Waals surface area (Å²) in [5.74, 6) is -2.40. The monoisotopic (exact) mass is 354 g/mol. The van der Waals surface area contributed by atoms with Crippen LogP contribution < -0.4 is 0 Å². The Bertz CT molecular complexity index is 1010. The molecule has 1 aromatic heterocycles. The topological polar surface area (TPSA) is 102 Å². The van der Waals surface area contributed by atoms with Crippen molar-refractivity contribution in [1.29, 1.82) is 0 Å². The van der Waals surface area contributed by atoms with Gasteiger partial charge in [-0.1, -0.05) is 6.92 Å². The van der Waals surface area contributed by atoms with Crippen LogP contribution in [-0.4, -0.2) is 28.2 Å². The first-order valence-corrected chi connectivity index (χ1v) is 8.48. The molecule has 1 saturated carbocycles. The number of ketones is 4. The van der Waals surface area contributed by atoms with Crippen LogP contribution in [0.15, 0.2) is 33.0 Å². The van der Waals surface area contributed by atoms with E-state index in [4.69, 9.17) is 4.42 Å². The van der Waals surface area contributed by atoms with Gasteiger partial charge in [0.1, 0.15) is 11.5 Å². The minimum atomic E-state index is -1.10. The van der Waals surface area contributed by atoms with Crippen molar-refractivity contribution in [3.8, 4) is 0 Å². The van der Waals surface area contributed by atoms with Gasteiger partial charge >= 0.3 is 0 Å². The summed E-state index contributed by atoms with van der Waals surface area (Å²) in [5.41, 5.74) is -2.16. The summed E-state index contributed by atoms with van der Waals surface area (Å²) in [7, 11) is 0. The summed E-state index contributed by atoms with van der Waals surface area (Å²) in [6.45, 7) is 6.59. The van der Waals surface area contributed by atoms with Gasteiger partial charge in [0.2, 0.25) is 17.3 Å². The maximum Gasteiger partial charge on any atom is 0.231 e. The highest BCUT2D eigenvalue weighted by Gasteiger charge is 2.59. The normalized spacial score (nSPS) is 27.5. The smallest absolute Gasteiger partial charge is 0.231 e. The summed E-state index contributed by atoms with van der Waals surface area (Å²) in [6, 6.07) is 1.43. The SMILES string of the molecule is Cc1cc2c(o1)C(=O)C1=C(C(=O)C(O)=C3C(C)(C)C(=O)CC[C@]13C)C2=O. The number of allylic oxidation sites excluding steroid dienone is 3. The fourth-order valence-corrected chi connectivity index (χ4v) is 4.74. The van der Waals surface area contributed by atoms with Gasteiger partial charge in [-0.2, -0.15) is 0 Å². The predicted molar refractivity (Wildman–Crippen MR) is 89.9 cm³/mol. The number of carbonyl (C=O) groups is 4. The molecule has 134 valence electrons. The molecule has 4 rings (SSSR count). The Balaban J connectivity index is 2.04. The number of rotatable bonds is 0. The molecule has 3 aliphatic rings. The minimum Gasteiger partial charge on any atom is -0.504 e. The lowest BCUT2D eigenvalue weighted by molar-refractivity contribution is -0.128. The van der Waals surface area contributed by atoms with Crippen molar-refractivity contribution in [3.05, 3.63) is 45.6 Å². The maximum atomic E-state index is 13.2. The van der Waals surface area contributed by atoms with E-state index >= 15 is 0 Å². The third-order valence-electron chi connectivity index (χ3n) is 5.97. The van der Waals surface area contributed by atoms with Crippen LogP contribution >= 0.6 is 0 Å². The van der Waals surface area contributed by atoms with E-state index in [9.17, 15) is 24.3 Å². The van der Waals surface area contributed by atoms with Gasteiger partial charge in [-0.3, -0.25) is 19.2 Å². The summed E-state index contributed by atoms with van der Waals surface area (Å²) < 4.78 is 5.44. The number of aryl methyl sites for hydroxylation is 1. The Morgan fingerprint density at radius 2 is 1.69 bits per heavy atom. The minimum absolute atomic E-state index is 0.0442. The molecule has 0 aliphatic heterocycles. The van der Waals surface area contributed by atoms with E-state index in [-0.39, 0.29) is 46.7 Å². The van der Waals surface area contributed by atoms with Crippen molar-refractivity contribution >= 4 is 23.1 Å². The van der Waals surface area contributed by atoms with E-state index in [1.165, 1.54) is 6.07 Å². The maximum absolute atomic E-state index is 13.2. The van der Waals surface area contributed by atoms with Crippen LogP contribution in [0.25, 0.3) is 0 Å². The fraction of sp³-hybridized carbons (Fsp3) is 0.400. The molecule has 1 fully saturated rings. The van der Waals surface area contributed by atoms with E-state index in [0.717, 1.165) is 0 Å². The van der Waals surface area contributed by atoms with E-state index in [2.05, 4.69) is 0 Å². The van der Waals surface area contributed by atoms with E-state index in [1.54, 1.807) is 27.7 Å². The number of hydrogen-bond acceptors (Lipinski definition) is 6. The lowest BCUT2D eigenvalue weighted by atomic mass is 9.52. The van der Waals surface area contributed by atoms with Gasteiger partial charge in [-0.25, -0.2) is 0 Å². The summed E-state index contributed by atoms with van der Waals surface area (Å²) in [6.07, 6.45) is 0.436. The zero-order chi connectivity index (χ0) is 19.2. The van der Waals surface area contributed by atoms with Crippen LogP contribution in [0.3, 0.4) is 0 Å². The highest BCUT2D eigenvalue weighted by molar-refractivity contribution is 6.40. The number of furan rings is 1. The highest BCUT2D eigenvalue weighted by atomic mass is 16.3. The molecule has 1 aromatic rings. The first kappa shape index (κ1) is 16.7. The highest BCUT2D eigenvalue weighted by Crippen LogP contribution is 2.58. The lowest BCUT2D eigenvalue weighted by Crippen LogP contribution is -2.49. The van der Waals surface area contributed by atoms with Gasteiger partial charge < -0.3 is 9.52 Å². The first-order valence-electron chi connectivity index (χ1n) is 8.48. The number of aliphatic hydroxyl groups is 1. The number of hydrogen-bond donors (Lipinski definition) is 1. The molecule has 0 saturated heterocycles. The molecule has 1 N–H and O–H groups in total. The van der Waals surface area contributed by atoms with Crippen LogP contribution in [0.4, 0.5) is 0 Å².